The van der Waals surface area contributed by atoms with Crippen molar-refractivity contribution in [3.63, 3.8) is 0 Å². The summed E-state index contributed by atoms with van der Waals surface area (Å²) in [7, 11) is 0. The van der Waals surface area contributed by atoms with E-state index in [4.69, 9.17) is 4.74 Å². The van der Waals surface area contributed by atoms with Crippen molar-refractivity contribution in [3.8, 4) is 0 Å². The van der Waals surface area contributed by atoms with Gasteiger partial charge in [-0.15, -0.1) is 0 Å². The second kappa shape index (κ2) is 9.02. The van der Waals surface area contributed by atoms with Gasteiger partial charge < -0.3 is 30.5 Å². The van der Waals surface area contributed by atoms with Crippen molar-refractivity contribution in [1.82, 2.24) is 5.32 Å². The van der Waals surface area contributed by atoms with Crippen LogP contribution in [0.25, 0.3) is 0 Å². The Morgan fingerprint density at radius 3 is 2.17 bits per heavy atom. The lowest BCUT2D eigenvalue weighted by atomic mass is 9.76. The van der Waals surface area contributed by atoms with E-state index >= 15 is 0 Å². The zero-order valence-electron chi connectivity index (χ0n) is 16.2. The van der Waals surface area contributed by atoms with Gasteiger partial charge in [0.1, 0.15) is 23.9 Å². The summed E-state index contributed by atoms with van der Waals surface area (Å²) in [5.74, 6) is -0.486. The van der Waals surface area contributed by atoms with Gasteiger partial charge in [0.05, 0.1) is 6.10 Å². The van der Waals surface area contributed by atoms with Crippen LogP contribution in [-0.4, -0.2) is 62.6 Å². The van der Waals surface area contributed by atoms with Crippen molar-refractivity contribution in [1.29, 1.82) is 0 Å². The maximum Gasteiger partial charge on any atom is 0.217 e. The number of hydrogen-bond acceptors (Lipinski definition) is 6. The maximum absolute atomic E-state index is 11.6. The van der Waals surface area contributed by atoms with Crippen LogP contribution in [0.15, 0.2) is 60.7 Å². The van der Waals surface area contributed by atoms with Crippen LogP contribution in [0.4, 0.5) is 0 Å². The molecule has 1 saturated heterocycles. The van der Waals surface area contributed by atoms with Crippen LogP contribution in [-0.2, 0) is 22.4 Å². The standard InChI is InChI=1S/C22H27NO6/c1-14(24)23-19-21(27)29-18(17(25)12-15-8-4-2-5-9-15)20(26)22(19,28)13-16-10-6-3-7-11-16/h2-11,17-21,25-28H,12-13H2,1H3,(H,23,24)/t17?,18-,19+,20-,21?,22-/m1/s1. The summed E-state index contributed by atoms with van der Waals surface area (Å²) in [5.41, 5.74) is -0.428. The molecule has 29 heavy (non-hydrogen) atoms. The monoisotopic (exact) mass is 401 g/mol. The van der Waals surface area contributed by atoms with E-state index in [2.05, 4.69) is 5.32 Å². The van der Waals surface area contributed by atoms with Gasteiger partial charge in [0.25, 0.3) is 0 Å². The molecule has 1 fully saturated rings. The van der Waals surface area contributed by atoms with Gasteiger partial charge in [0.15, 0.2) is 6.29 Å². The molecular formula is C22H27NO6. The second-order valence-corrected chi connectivity index (χ2v) is 7.52. The zero-order chi connectivity index (χ0) is 21.0. The maximum atomic E-state index is 11.6. The lowest BCUT2D eigenvalue weighted by Crippen LogP contribution is -2.73. The largest absolute Gasteiger partial charge is 0.390 e. The molecule has 0 saturated carbocycles. The summed E-state index contributed by atoms with van der Waals surface area (Å²) in [5, 5.41) is 46.1. The molecule has 1 aliphatic rings. The van der Waals surface area contributed by atoms with Crippen LogP contribution < -0.4 is 5.32 Å². The van der Waals surface area contributed by atoms with Crippen LogP contribution in [0.2, 0.25) is 0 Å². The molecule has 7 heteroatoms. The van der Waals surface area contributed by atoms with E-state index in [0.717, 1.165) is 5.56 Å². The van der Waals surface area contributed by atoms with Crippen LogP contribution in [0.3, 0.4) is 0 Å². The molecule has 2 unspecified atom stereocenters. The zero-order valence-corrected chi connectivity index (χ0v) is 16.2. The fourth-order valence-electron chi connectivity index (χ4n) is 3.85. The first-order valence-corrected chi connectivity index (χ1v) is 9.58. The van der Waals surface area contributed by atoms with Gasteiger partial charge in [0, 0.05) is 19.8 Å². The van der Waals surface area contributed by atoms with Gasteiger partial charge in [-0.1, -0.05) is 60.7 Å². The summed E-state index contributed by atoms with van der Waals surface area (Å²) >= 11 is 0. The first kappa shape index (κ1) is 21.4. The highest BCUT2D eigenvalue weighted by atomic mass is 16.6. The minimum Gasteiger partial charge on any atom is -0.390 e. The molecule has 0 aliphatic carbocycles. The lowest BCUT2D eigenvalue weighted by Gasteiger charge is -2.50. The van der Waals surface area contributed by atoms with Gasteiger partial charge in [-0.05, 0) is 11.1 Å². The van der Waals surface area contributed by atoms with Crippen LogP contribution in [0.5, 0.6) is 0 Å². The predicted molar refractivity (Wildman–Crippen MR) is 106 cm³/mol. The molecule has 3 rings (SSSR count). The van der Waals surface area contributed by atoms with E-state index in [1.54, 1.807) is 24.3 Å². The van der Waals surface area contributed by atoms with E-state index in [0.29, 0.717) is 5.56 Å². The molecule has 1 aliphatic heterocycles. The van der Waals surface area contributed by atoms with Crippen LogP contribution >= 0.6 is 0 Å². The third kappa shape index (κ3) is 4.83. The highest BCUT2D eigenvalue weighted by Crippen LogP contribution is 2.34. The van der Waals surface area contributed by atoms with Gasteiger partial charge in [0.2, 0.25) is 5.91 Å². The molecule has 0 aromatic heterocycles. The Kier molecular flexibility index (Phi) is 6.66. The molecule has 0 radical (unpaired) electrons. The minimum atomic E-state index is -1.95. The molecule has 0 spiro atoms. The van der Waals surface area contributed by atoms with E-state index in [1.807, 2.05) is 36.4 Å². The molecule has 156 valence electrons. The molecule has 0 bridgehead atoms. The highest BCUT2D eigenvalue weighted by molar-refractivity contribution is 5.73. The fourth-order valence-corrected chi connectivity index (χ4v) is 3.85. The lowest BCUT2D eigenvalue weighted by molar-refractivity contribution is -0.297. The van der Waals surface area contributed by atoms with Crippen LogP contribution in [0, 0.1) is 0 Å². The SMILES string of the molecule is CC(=O)N[C@H]1C(O)O[C@H](C(O)Cc2ccccc2)[C@@H](O)[C@@]1(O)Cc1ccccc1. The van der Waals surface area contributed by atoms with Gasteiger partial charge in [-0.25, -0.2) is 0 Å². The third-order valence-corrected chi connectivity index (χ3v) is 5.30. The number of nitrogens with one attached hydrogen (secondary N) is 1. The Labute approximate surface area is 169 Å². The molecule has 2 aromatic carbocycles. The second-order valence-electron chi connectivity index (χ2n) is 7.52. The van der Waals surface area contributed by atoms with Gasteiger partial charge in [-0.3, -0.25) is 4.79 Å². The fraction of sp³-hybridized carbons (Fsp3) is 0.409. The Bertz CT molecular complexity index is 801. The van der Waals surface area contributed by atoms with E-state index < -0.39 is 42.2 Å². The Balaban J connectivity index is 1.88. The van der Waals surface area contributed by atoms with Gasteiger partial charge in [-0.2, -0.15) is 0 Å². The van der Waals surface area contributed by atoms with E-state index in [-0.39, 0.29) is 12.8 Å². The smallest absolute Gasteiger partial charge is 0.217 e. The average molecular weight is 401 g/mol. The van der Waals surface area contributed by atoms with Crippen molar-refractivity contribution >= 4 is 5.91 Å². The highest BCUT2D eigenvalue weighted by Gasteiger charge is 2.56. The first-order valence-electron chi connectivity index (χ1n) is 9.58. The Morgan fingerprint density at radius 1 is 1.07 bits per heavy atom. The van der Waals surface area contributed by atoms with Crippen LogP contribution in [0.1, 0.15) is 18.1 Å². The number of carbonyl (C=O) groups excluding carboxylic acids is 1. The molecular weight excluding hydrogens is 374 g/mol. The van der Waals surface area contributed by atoms with Crippen molar-refractivity contribution in [2.75, 3.05) is 0 Å². The van der Waals surface area contributed by atoms with Gasteiger partial charge >= 0.3 is 0 Å². The topological polar surface area (TPSA) is 119 Å². The number of carbonyl (C=O) groups is 1. The summed E-state index contributed by atoms with van der Waals surface area (Å²) in [6.45, 7) is 1.25. The number of benzene rings is 2. The molecule has 1 heterocycles. The number of aliphatic hydroxyl groups is 4. The van der Waals surface area contributed by atoms with Crippen molar-refractivity contribution < 1.29 is 30.0 Å². The summed E-state index contributed by atoms with van der Waals surface area (Å²) in [6.07, 6.45) is -5.46. The number of aliphatic hydroxyl groups excluding tert-OH is 3. The molecule has 5 N–H and O–H groups in total. The van der Waals surface area contributed by atoms with Crippen molar-refractivity contribution in [2.45, 2.75) is 56.0 Å². The Hall–Kier alpha value is -2.29. The number of ether oxygens (including phenoxy) is 1. The summed E-state index contributed by atoms with van der Waals surface area (Å²) < 4.78 is 5.46. The molecule has 2 aromatic rings. The number of rotatable bonds is 6. The Morgan fingerprint density at radius 2 is 1.62 bits per heavy atom. The quantitative estimate of drug-likeness (QED) is 0.470. The predicted octanol–water partition coefficient (Wildman–Crippen LogP) is 0.147. The van der Waals surface area contributed by atoms with Crippen molar-refractivity contribution in [2.24, 2.45) is 0 Å². The van der Waals surface area contributed by atoms with E-state index in [9.17, 15) is 25.2 Å². The summed E-state index contributed by atoms with van der Waals surface area (Å²) in [6, 6.07) is 16.8. The van der Waals surface area contributed by atoms with E-state index in [1.165, 1.54) is 6.92 Å². The molecule has 6 atom stereocenters. The molecule has 7 nitrogen and oxygen atoms in total. The number of hydrogen-bond donors (Lipinski definition) is 5. The number of amides is 1. The minimum absolute atomic E-state index is 0.0467. The summed E-state index contributed by atoms with van der Waals surface area (Å²) in [4.78, 5) is 11.6. The normalized spacial score (nSPS) is 30.5. The average Bonchev–Trinajstić information content (AvgIpc) is 2.69. The van der Waals surface area contributed by atoms with Crippen molar-refractivity contribution in [3.05, 3.63) is 71.8 Å². The third-order valence-electron chi connectivity index (χ3n) is 5.30. The molecule has 1 amide bonds. The first-order chi connectivity index (χ1) is 13.8.